The Balaban J connectivity index is 2.18. The molecule has 0 aliphatic carbocycles. The van der Waals surface area contributed by atoms with Gasteiger partial charge in [0.15, 0.2) is 11.5 Å². The molecule has 0 amide bonds. The second-order valence-electron chi connectivity index (χ2n) is 4.40. The molecule has 2 rings (SSSR count). The van der Waals surface area contributed by atoms with E-state index in [2.05, 4.69) is 5.10 Å². The first-order valence-electron chi connectivity index (χ1n) is 6.15. The van der Waals surface area contributed by atoms with E-state index in [0.717, 1.165) is 17.0 Å². The minimum atomic E-state index is -0.0383. The summed E-state index contributed by atoms with van der Waals surface area (Å²) >= 11 is 6.17. The topological polar surface area (TPSA) is 56.5 Å². The number of hydrogen-bond donors (Lipinski definition) is 1. The molecule has 0 bridgehead atoms. The molecule has 0 spiro atoms. The van der Waals surface area contributed by atoms with Crippen molar-refractivity contribution in [2.45, 2.75) is 20.1 Å². The van der Waals surface area contributed by atoms with Gasteiger partial charge in [-0.3, -0.25) is 4.68 Å². The molecule has 0 aliphatic heterocycles. The van der Waals surface area contributed by atoms with Crippen LogP contribution in [0.5, 0.6) is 11.5 Å². The fourth-order valence-electron chi connectivity index (χ4n) is 1.91. The number of methoxy groups -OCH3 is 1. The average Bonchev–Trinajstić information content (AvgIpc) is 2.70. The summed E-state index contributed by atoms with van der Waals surface area (Å²) in [5.41, 5.74) is 2.34. The summed E-state index contributed by atoms with van der Waals surface area (Å²) in [6.45, 7) is 2.11. The van der Waals surface area contributed by atoms with Crippen molar-refractivity contribution >= 4 is 11.6 Å². The molecular formula is C14H17ClN2O3. The van der Waals surface area contributed by atoms with Crippen LogP contribution < -0.4 is 9.47 Å². The van der Waals surface area contributed by atoms with Crippen LogP contribution in [-0.4, -0.2) is 22.0 Å². The fraction of sp³-hybridized carbons (Fsp3) is 0.357. The number of aliphatic hydroxyl groups excluding tert-OH is 1. The van der Waals surface area contributed by atoms with Crippen molar-refractivity contribution in [3.8, 4) is 11.5 Å². The smallest absolute Gasteiger partial charge is 0.161 e. The Labute approximate surface area is 122 Å². The van der Waals surface area contributed by atoms with Crippen LogP contribution >= 0.6 is 11.6 Å². The number of hydrogen-bond acceptors (Lipinski definition) is 4. The molecule has 0 saturated carbocycles. The number of benzene rings is 1. The van der Waals surface area contributed by atoms with Crippen LogP contribution in [0.25, 0.3) is 0 Å². The summed E-state index contributed by atoms with van der Waals surface area (Å²) in [5.74, 6) is 1.17. The molecule has 5 nitrogen and oxygen atoms in total. The molecule has 1 N–H and O–H groups in total. The largest absolute Gasteiger partial charge is 0.493 e. The van der Waals surface area contributed by atoms with E-state index in [4.69, 9.17) is 26.2 Å². The molecule has 6 heteroatoms. The molecule has 0 saturated heterocycles. The van der Waals surface area contributed by atoms with Crippen molar-refractivity contribution in [3.63, 3.8) is 0 Å². The highest BCUT2D eigenvalue weighted by molar-refractivity contribution is 6.31. The predicted octanol–water partition coefficient (Wildman–Crippen LogP) is 2.46. The van der Waals surface area contributed by atoms with Crippen LogP contribution in [0.4, 0.5) is 0 Å². The maximum atomic E-state index is 9.11. The zero-order valence-corrected chi connectivity index (χ0v) is 12.4. The first kappa shape index (κ1) is 14.7. The third-order valence-corrected chi connectivity index (χ3v) is 3.53. The quantitative estimate of drug-likeness (QED) is 0.921. The number of aryl methyl sites for hydroxylation is 2. The number of rotatable bonds is 5. The Morgan fingerprint density at radius 1 is 1.35 bits per heavy atom. The Kier molecular flexibility index (Phi) is 4.52. The third-order valence-electron chi connectivity index (χ3n) is 3.04. The lowest BCUT2D eigenvalue weighted by Gasteiger charge is -2.12. The van der Waals surface area contributed by atoms with Crippen molar-refractivity contribution in [3.05, 3.63) is 40.2 Å². The van der Waals surface area contributed by atoms with Gasteiger partial charge in [-0.15, -0.1) is 0 Å². The monoisotopic (exact) mass is 296 g/mol. The van der Waals surface area contributed by atoms with E-state index in [9.17, 15) is 0 Å². The Morgan fingerprint density at radius 2 is 2.10 bits per heavy atom. The van der Waals surface area contributed by atoms with E-state index >= 15 is 0 Å². The third kappa shape index (κ3) is 2.89. The lowest BCUT2D eigenvalue weighted by Crippen LogP contribution is -2.04. The summed E-state index contributed by atoms with van der Waals surface area (Å²) < 4.78 is 12.7. The Morgan fingerprint density at radius 3 is 2.65 bits per heavy atom. The van der Waals surface area contributed by atoms with Crippen molar-refractivity contribution < 1.29 is 14.6 Å². The van der Waals surface area contributed by atoms with Crippen LogP contribution in [0.1, 0.15) is 17.0 Å². The minimum absolute atomic E-state index is 0.0383. The van der Waals surface area contributed by atoms with Gasteiger partial charge in [0.2, 0.25) is 0 Å². The maximum absolute atomic E-state index is 9.11. The van der Waals surface area contributed by atoms with Gasteiger partial charge in [0.05, 0.1) is 30.1 Å². The Hall–Kier alpha value is -1.72. The molecule has 1 aromatic carbocycles. The predicted molar refractivity (Wildman–Crippen MR) is 76.2 cm³/mol. The van der Waals surface area contributed by atoms with Gasteiger partial charge in [-0.2, -0.15) is 5.10 Å². The average molecular weight is 297 g/mol. The summed E-state index contributed by atoms with van der Waals surface area (Å²) in [6.07, 6.45) is 0. The van der Waals surface area contributed by atoms with Crippen molar-refractivity contribution in [2.75, 3.05) is 7.11 Å². The van der Waals surface area contributed by atoms with Gasteiger partial charge in [-0.05, 0) is 24.6 Å². The van der Waals surface area contributed by atoms with Crippen LogP contribution in [0, 0.1) is 6.92 Å². The minimum Gasteiger partial charge on any atom is -0.493 e. The van der Waals surface area contributed by atoms with Gasteiger partial charge in [0, 0.05) is 7.05 Å². The molecule has 0 fully saturated rings. The SMILES string of the molecule is COc1cc(CO)ccc1OCc1c(Cl)c(C)nn1C. The van der Waals surface area contributed by atoms with Crippen molar-refractivity contribution in [2.24, 2.45) is 7.05 Å². The van der Waals surface area contributed by atoms with Crippen molar-refractivity contribution in [1.29, 1.82) is 0 Å². The van der Waals surface area contributed by atoms with Crippen LogP contribution in [-0.2, 0) is 20.3 Å². The summed E-state index contributed by atoms with van der Waals surface area (Å²) in [4.78, 5) is 0. The second-order valence-corrected chi connectivity index (χ2v) is 4.78. The summed E-state index contributed by atoms with van der Waals surface area (Å²) in [5, 5.41) is 13.9. The highest BCUT2D eigenvalue weighted by Crippen LogP contribution is 2.30. The zero-order chi connectivity index (χ0) is 14.7. The van der Waals surface area contributed by atoms with E-state index in [1.807, 2.05) is 14.0 Å². The molecule has 1 heterocycles. The highest BCUT2D eigenvalue weighted by Gasteiger charge is 2.13. The number of halogens is 1. The highest BCUT2D eigenvalue weighted by atomic mass is 35.5. The first-order chi connectivity index (χ1) is 9.56. The van der Waals surface area contributed by atoms with Crippen LogP contribution in [0.3, 0.4) is 0 Å². The van der Waals surface area contributed by atoms with E-state index in [1.54, 1.807) is 30.0 Å². The molecule has 0 atom stereocenters. The molecule has 0 unspecified atom stereocenters. The van der Waals surface area contributed by atoms with Crippen LogP contribution in [0.2, 0.25) is 5.02 Å². The number of aromatic nitrogens is 2. The first-order valence-corrected chi connectivity index (χ1v) is 6.53. The zero-order valence-electron chi connectivity index (χ0n) is 11.7. The Bertz CT molecular complexity index is 611. The van der Waals surface area contributed by atoms with E-state index < -0.39 is 0 Å². The second kappa shape index (κ2) is 6.15. The number of nitrogens with zero attached hydrogens (tertiary/aromatic N) is 2. The van der Waals surface area contributed by atoms with Gasteiger partial charge in [0.1, 0.15) is 6.61 Å². The lowest BCUT2D eigenvalue weighted by molar-refractivity contribution is 0.270. The summed E-state index contributed by atoms with van der Waals surface area (Å²) in [6, 6.07) is 5.29. The molecule has 0 aliphatic rings. The molecule has 108 valence electrons. The standard InChI is InChI=1S/C14H17ClN2O3/c1-9-14(15)11(17(2)16-9)8-20-12-5-4-10(7-18)6-13(12)19-3/h4-6,18H,7-8H2,1-3H3. The molecule has 2 aromatic rings. The molecule has 1 aromatic heterocycles. The maximum Gasteiger partial charge on any atom is 0.161 e. The number of ether oxygens (including phenoxy) is 2. The lowest BCUT2D eigenvalue weighted by atomic mass is 10.2. The van der Waals surface area contributed by atoms with E-state index in [-0.39, 0.29) is 6.61 Å². The molecular weight excluding hydrogens is 280 g/mol. The normalized spacial score (nSPS) is 10.7. The van der Waals surface area contributed by atoms with Gasteiger partial charge in [-0.25, -0.2) is 0 Å². The van der Waals surface area contributed by atoms with Crippen molar-refractivity contribution in [1.82, 2.24) is 9.78 Å². The summed E-state index contributed by atoms with van der Waals surface area (Å²) in [7, 11) is 3.38. The van der Waals surface area contributed by atoms with Gasteiger partial charge in [0.25, 0.3) is 0 Å². The van der Waals surface area contributed by atoms with E-state index in [1.165, 1.54) is 0 Å². The van der Waals surface area contributed by atoms with Gasteiger partial charge in [-0.1, -0.05) is 17.7 Å². The number of aliphatic hydroxyl groups is 1. The molecule has 0 radical (unpaired) electrons. The fourth-order valence-corrected chi connectivity index (χ4v) is 2.13. The van der Waals surface area contributed by atoms with Crippen LogP contribution in [0.15, 0.2) is 18.2 Å². The van der Waals surface area contributed by atoms with E-state index in [0.29, 0.717) is 23.1 Å². The molecule has 20 heavy (non-hydrogen) atoms. The van der Waals surface area contributed by atoms with Gasteiger partial charge < -0.3 is 14.6 Å². The van der Waals surface area contributed by atoms with Gasteiger partial charge >= 0.3 is 0 Å².